The molecule has 0 amide bonds. The molecule has 1 aromatic rings. The van der Waals surface area contributed by atoms with Crippen LogP contribution in [-0.4, -0.2) is 24.3 Å². The van der Waals surface area contributed by atoms with Crippen LogP contribution in [0.4, 0.5) is 11.4 Å². The van der Waals surface area contributed by atoms with E-state index in [1.54, 1.807) is 12.1 Å². The number of carbonyl (C=O) groups excluding carboxylic acids is 1. The predicted octanol–water partition coefficient (Wildman–Crippen LogP) is 2.79. The second kappa shape index (κ2) is 5.62. The number of nitro groups is 1. The average Bonchev–Trinajstić information content (AvgIpc) is 2.66. The highest BCUT2D eigenvalue weighted by Crippen LogP contribution is 2.30. The lowest BCUT2D eigenvalue weighted by molar-refractivity contribution is -0.384. The number of anilines is 1. The van der Waals surface area contributed by atoms with Gasteiger partial charge in [0.25, 0.3) is 5.69 Å². The van der Waals surface area contributed by atoms with E-state index in [1.807, 2.05) is 0 Å². The van der Waals surface area contributed by atoms with E-state index in [9.17, 15) is 14.9 Å². The van der Waals surface area contributed by atoms with E-state index in [1.165, 1.54) is 18.9 Å². The van der Waals surface area contributed by atoms with Gasteiger partial charge in [0.2, 0.25) is 0 Å². The molecular weight excluding hydrogens is 232 g/mol. The van der Waals surface area contributed by atoms with Gasteiger partial charge >= 0.3 is 0 Å². The molecule has 1 aromatic carbocycles. The molecule has 2 rings (SSSR count). The van der Waals surface area contributed by atoms with Gasteiger partial charge in [-0.3, -0.25) is 14.9 Å². The molecular formula is C13H16N2O3. The topological polar surface area (TPSA) is 63.5 Å². The molecule has 0 N–H and O–H groups in total. The fraction of sp³-hybridized carbons (Fsp3) is 0.462. The highest BCUT2D eigenvalue weighted by atomic mass is 16.6. The first kappa shape index (κ1) is 12.5. The second-order valence-corrected chi connectivity index (χ2v) is 4.52. The molecule has 1 aliphatic heterocycles. The first-order valence-corrected chi connectivity index (χ1v) is 6.21. The van der Waals surface area contributed by atoms with Crippen LogP contribution in [0.15, 0.2) is 18.2 Å². The number of benzene rings is 1. The van der Waals surface area contributed by atoms with Crippen molar-refractivity contribution >= 4 is 17.7 Å². The molecule has 0 atom stereocenters. The Morgan fingerprint density at radius 2 is 1.83 bits per heavy atom. The van der Waals surface area contributed by atoms with Crippen molar-refractivity contribution in [3.63, 3.8) is 0 Å². The van der Waals surface area contributed by atoms with Crippen molar-refractivity contribution in [1.29, 1.82) is 0 Å². The summed E-state index contributed by atoms with van der Waals surface area (Å²) < 4.78 is 0. The van der Waals surface area contributed by atoms with Gasteiger partial charge in [0.15, 0.2) is 0 Å². The summed E-state index contributed by atoms with van der Waals surface area (Å²) in [4.78, 5) is 23.4. The first-order chi connectivity index (χ1) is 8.72. The quantitative estimate of drug-likeness (QED) is 0.468. The van der Waals surface area contributed by atoms with E-state index in [2.05, 4.69) is 4.90 Å². The summed E-state index contributed by atoms with van der Waals surface area (Å²) in [5.41, 5.74) is 1.01. The van der Waals surface area contributed by atoms with Crippen LogP contribution < -0.4 is 4.90 Å². The molecule has 96 valence electrons. The van der Waals surface area contributed by atoms with E-state index in [0.29, 0.717) is 17.5 Å². The minimum Gasteiger partial charge on any atom is -0.366 e. The van der Waals surface area contributed by atoms with Crippen molar-refractivity contribution in [1.82, 2.24) is 0 Å². The fourth-order valence-corrected chi connectivity index (χ4v) is 2.34. The highest BCUT2D eigenvalue weighted by Gasteiger charge is 2.20. The number of hydrogen-bond acceptors (Lipinski definition) is 4. The first-order valence-electron chi connectivity index (χ1n) is 6.21. The maximum absolute atomic E-state index is 11.1. The lowest BCUT2D eigenvalue weighted by Crippen LogP contribution is -2.24. The zero-order valence-corrected chi connectivity index (χ0v) is 10.2. The number of rotatable bonds is 3. The third kappa shape index (κ3) is 2.67. The number of nitro benzene ring substituents is 1. The zero-order chi connectivity index (χ0) is 13.0. The molecule has 0 bridgehead atoms. The molecule has 0 radical (unpaired) electrons. The van der Waals surface area contributed by atoms with Crippen LogP contribution in [0, 0.1) is 10.1 Å². The van der Waals surface area contributed by atoms with Crippen LogP contribution >= 0.6 is 0 Å². The van der Waals surface area contributed by atoms with Crippen molar-refractivity contribution in [2.75, 3.05) is 18.0 Å². The second-order valence-electron chi connectivity index (χ2n) is 4.52. The molecule has 1 fully saturated rings. The van der Waals surface area contributed by atoms with Gasteiger partial charge in [-0.2, -0.15) is 0 Å². The minimum atomic E-state index is -0.409. The molecule has 18 heavy (non-hydrogen) atoms. The van der Waals surface area contributed by atoms with Crippen LogP contribution in [0.3, 0.4) is 0 Å². The predicted molar refractivity (Wildman–Crippen MR) is 69.2 cm³/mol. The molecule has 0 spiro atoms. The number of nitrogens with zero attached hydrogens (tertiary/aromatic N) is 2. The molecule has 0 aliphatic carbocycles. The van der Waals surface area contributed by atoms with Gasteiger partial charge < -0.3 is 4.90 Å². The summed E-state index contributed by atoms with van der Waals surface area (Å²) in [6, 6.07) is 4.68. The summed E-state index contributed by atoms with van der Waals surface area (Å²) in [7, 11) is 0. The van der Waals surface area contributed by atoms with E-state index < -0.39 is 4.92 Å². The van der Waals surface area contributed by atoms with Gasteiger partial charge in [-0.25, -0.2) is 0 Å². The average molecular weight is 248 g/mol. The number of carbonyl (C=O) groups is 1. The Hall–Kier alpha value is -1.91. The normalized spacial score (nSPS) is 16.1. The van der Waals surface area contributed by atoms with Crippen LogP contribution in [0.1, 0.15) is 36.0 Å². The fourth-order valence-electron chi connectivity index (χ4n) is 2.34. The lowest BCUT2D eigenvalue weighted by atomic mass is 10.1. The number of aldehydes is 1. The van der Waals surface area contributed by atoms with Crippen LogP contribution in [-0.2, 0) is 0 Å². The Morgan fingerprint density at radius 1 is 1.17 bits per heavy atom. The molecule has 5 nitrogen and oxygen atoms in total. The SMILES string of the molecule is O=Cc1ccc(N2CCCCCC2)c([N+](=O)[O-])c1. The Balaban J connectivity index is 2.35. The van der Waals surface area contributed by atoms with Crippen molar-refractivity contribution < 1.29 is 9.72 Å². The van der Waals surface area contributed by atoms with E-state index in [4.69, 9.17) is 0 Å². The monoisotopic (exact) mass is 248 g/mol. The van der Waals surface area contributed by atoms with Gasteiger partial charge in [0.1, 0.15) is 12.0 Å². The van der Waals surface area contributed by atoms with Gasteiger partial charge in [-0.1, -0.05) is 12.8 Å². The smallest absolute Gasteiger partial charge is 0.293 e. The summed E-state index contributed by atoms with van der Waals surface area (Å²) in [5, 5.41) is 11.1. The van der Waals surface area contributed by atoms with E-state index in [0.717, 1.165) is 25.9 Å². The van der Waals surface area contributed by atoms with Crippen molar-refractivity contribution in [3.05, 3.63) is 33.9 Å². The summed E-state index contributed by atoms with van der Waals surface area (Å²) in [6.45, 7) is 1.70. The van der Waals surface area contributed by atoms with Gasteiger partial charge in [-0.05, 0) is 25.0 Å². The van der Waals surface area contributed by atoms with Gasteiger partial charge in [0.05, 0.1) is 4.92 Å². The van der Waals surface area contributed by atoms with E-state index >= 15 is 0 Å². The van der Waals surface area contributed by atoms with Crippen LogP contribution in [0.25, 0.3) is 0 Å². The van der Waals surface area contributed by atoms with E-state index in [-0.39, 0.29) is 5.69 Å². The van der Waals surface area contributed by atoms with Crippen LogP contribution in [0.5, 0.6) is 0 Å². The molecule has 5 heteroatoms. The third-order valence-electron chi connectivity index (χ3n) is 3.28. The molecule has 1 aliphatic rings. The standard InChI is InChI=1S/C13H16N2O3/c16-10-11-5-6-12(13(9-11)15(17)18)14-7-3-1-2-4-8-14/h5-6,9-10H,1-4,7-8H2. The Labute approximate surface area is 106 Å². The lowest BCUT2D eigenvalue weighted by Gasteiger charge is -2.22. The summed E-state index contributed by atoms with van der Waals surface area (Å²) in [5.74, 6) is 0. The van der Waals surface area contributed by atoms with Crippen LogP contribution in [0.2, 0.25) is 0 Å². The van der Waals surface area contributed by atoms with Crippen molar-refractivity contribution in [2.45, 2.75) is 25.7 Å². The third-order valence-corrected chi connectivity index (χ3v) is 3.28. The number of hydrogen-bond donors (Lipinski definition) is 0. The maximum Gasteiger partial charge on any atom is 0.293 e. The molecule has 0 unspecified atom stereocenters. The van der Waals surface area contributed by atoms with Crippen molar-refractivity contribution in [2.24, 2.45) is 0 Å². The highest BCUT2D eigenvalue weighted by molar-refractivity contribution is 5.79. The maximum atomic E-state index is 11.1. The molecule has 1 saturated heterocycles. The molecule has 1 heterocycles. The Bertz CT molecular complexity index is 452. The van der Waals surface area contributed by atoms with Gasteiger partial charge in [-0.15, -0.1) is 0 Å². The van der Waals surface area contributed by atoms with Gasteiger partial charge in [0, 0.05) is 24.7 Å². The Kier molecular flexibility index (Phi) is 3.92. The minimum absolute atomic E-state index is 0.0292. The molecule has 0 saturated carbocycles. The molecule has 0 aromatic heterocycles. The largest absolute Gasteiger partial charge is 0.366 e. The van der Waals surface area contributed by atoms with Crippen molar-refractivity contribution in [3.8, 4) is 0 Å². The summed E-state index contributed by atoms with van der Waals surface area (Å²) >= 11 is 0. The zero-order valence-electron chi connectivity index (χ0n) is 10.2. The Morgan fingerprint density at radius 3 is 2.39 bits per heavy atom. The summed E-state index contributed by atoms with van der Waals surface area (Å²) in [6.07, 6.45) is 5.12.